The lowest BCUT2D eigenvalue weighted by Gasteiger charge is -2.32. The zero-order valence-electron chi connectivity index (χ0n) is 19.6. The van der Waals surface area contributed by atoms with Crippen LogP contribution in [-0.4, -0.2) is 41.1 Å². The summed E-state index contributed by atoms with van der Waals surface area (Å²) in [7, 11) is 0. The Morgan fingerprint density at radius 3 is 2.46 bits per heavy atom. The van der Waals surface area contributed by atoms with Crippen molar-refractivity contribution in [1.29, 1.82) is 0 Å². The molecule has 196 valence electrons. The molecule has 0 atom stereocenters. The number of carbonyl (C=O) groups excluding carboxylic acids is 1. The van der Waals surface area contributed by atoms with Gasteiger partial charge in [-0.1, -0.05) is 35.9 Å². The SMILES string of the molecule is NCc1cccc(C2CCN(C(=O)c3cc4c(s3)-c3cc(Cl)ccc3SC4)CC2)c1.O=C(O)C(F)(F)F. The van der Waals surface area contributed by atoms with Gasteiger partial charge in [0.15, 0.2) is 0 Å². The maximum absolute atomic E-state index is 13.2. The molecule has 2 aliphatic rings. The molecule has 3 aromatic rings. The third-order valence-electron chi connectivity index (χ3n) is 6.27. The van der Waals surface area contributed by atoms with Crippen LogP contribution in [0.5, 0.6) is 0 Å². The predicted molar refractivity (Wildman–Crippen MR) is 140 cm³/mol. The Balaban J connectivity index is 0.000000405. The van der Waals surface area contributed by atoms with Gasteiger partial charge in [-0.25, -0.2) is 4.79 Å². The van der Waals surface area contributed by atoms with Crippen LogP contribution >= 0.6 is 34.7 Å². The number of benzene rings is 2. The number of halogens is 4. The van der Waals surface area contributed by atoms with E-state index in [4.69, 9.17) is 27.2 Å². The average molecular weight is 569 g/mol. The number of carboxylic acid groups (broad SMARTS) is 1. The zero-order valence-corrected chi connectivity index (χ0v) is 21.9. The van der Waals surface area contributed by atoms with Gasteiger partial charge in [0.2, 0.25) is 0 Å². The van der Waals surface area contributed by atoms with Gasteiger partial charge >= 0.3 is 12.1 Å². The Kier molecular flexibility index (Phi) is 8.52. The first-order valence-electron chi connectivity index (χ1n) is 11.5. The molecule has 1 fully saturated rings. The number of nitrogens with two attached hydrogens (primary N) is 1. The number of alkyl halides is 3. The van der Waals surface area contributed by atoms with Crippen LogP contribution in [0, 0.1) is 0 Å². The number of amides is 1. The maximum atomic E-state index is 13.2. The number of carboxylic acids is 1. The summed E-state index contributed by atoms with van der Waals surface area (Å²) in [5.41, 5.74) is 10.7. The third kappa shape index (κ3) is 6.49. The summed E-state index contributed by atoms with van der Waals surface area (Å²) in [4.78, 5) is 27.4. The van der Waals surface area contributed by atoms with Crippen LogP contribution in [0.1, 0.15) is 45.1 Å². The van der Waals surface area contributed by atoms with Crippen LogP contribution in [0.3, 0.4) is 0 Å². The van der Waals surface area contributed by atoms with E-state index in [0.29, 0.717) is 12.5 Å². The van der Waals surface area contributed by atoms with Gasteiger partial charge in [0, 0.05) is 45.7 Å². The number of hydrogen-bond acceptors (Lipinski definition) is 5. The normalized spacial score (nSPS) is 15.3. The average Bonchev–Trinajstić information content (AvgIpc) is 3.33. The molecule has 1 aromatic heterocycles. The van der Waals surface area contributed by atoms with Crippen molar-refractivity contribution < 1.29 is 27.9 Å². The largest absolute Gasteiger partial charge is 0.490 e. The van der Waals surface area contributed by atoms with E-state index < -0.39 is 12.1 Å². The second kappa shape index (κ2) is 11.5. The smallest absolute Gasteiger partial charge is 0.475 e. The number of hydrogen-bond donors (Lipinski definition) is 2. The topological polar surface area (TPSA) is 83.6 Å². The molecule has 5 nitrogen and oxygen atoms in total. The van der Waals surface area contributed by atoms with E-state index in [-0.39, 0.29) is 5.91 Å². The molecule has 0 spiro atoms. The van der Waals surface area contributed by atoms with E-state index in [9.17, 15) is 18.0 Å². The molecule has 0 radical (unpaired) electrons. The van der Waals surface area contributed by atoms with Gasteiger partial charge in [-0.15, -0.1) is 23.1 Å². The van der Waals surface area contributed by atoms with Crippen molar-refractivity contribution in [3.63, 3.8) is 0 Å². The van der Waals surface area contributed by atoms with Crippen molar-refractivity contribution in [3.8, 4) is 10.4 Å². The van der Waals surface area contributed by atoms with Crippen LogP contribution < -0.4 is 5.73 Å². The molecule has 2 aromatic carbocycles. The molecule has 3 N–H and O–H groups in total. The van der Waals surface area contributed by atoms with Crippen molar-refractivity contribution in [2.24, 2.45) is 5.73 Å². The van der Waals surface area contributed by atoms with E-state index in [0.717, 1.165) is 47.1 Å². The molecule has 0 aliphatic carbocycles. The highest BCUT2D eigenvalue weighted by molar-refractivity contribution is 7.98. The van der Waals surface area contributed by atoms with Crippen LogP contribution in [0.25, 0.3) is 10.4 Å². The van der Waals surface area contributed by atoms with Gasteiger partial charge in [0.05, 0.1) is 4.88 Å². The van der Waals surface area contributed by atoms with Gasteiger partial charge in [0.1, 0.15) is 0 Å². The first kappa shape index (κ1) is 27.5. The Labute approximate surface area is 225 Å². The molecular formula is C26H24ClF3N2O3S2. The quantitative estimate of drug-likeness (QED) is 0.364. The van der Waals surface area contributed by atoms with Crippen LogP contribution in [-0.2, 0) is 17.1 Å². The monoisotopic (exact) mass is 568 g/mol. The summed E-state index contributed by atoms with van der Waals surface area (Å²) >= 11 is 9.66. The summed E-state index contributed by atoms with van der Waals surface area (Å²) in [6.07, 6.45) is -3.09. The zero-order chi connectivity index (χ0) is 26.7. The van der Waals surface area contributed by atoms with E-state index in [1.807, 2.05) is 28.8 Å². The maximum Gasteiger partial charge on any atom is 0.490 e. The number of aliphatic carboxylic acids is 1. The molecular weight excluding hydrogens is 545 g/mol. The van der Waals surface area contributed by atoms with Crippen LogP contribution in [0.2, 0.25) is 5.02 Å². The first-order chi connectivity index (χ1) is 17.6. The van der Waals surface area contributed by atoms with E-state index >= 15 is 0 Å². The minimum Gasteiger partial charge on any atom is -0.475 e. The van der Waals surface area contributed by atoms with Crippen molar-refractivity contribution >= 4 is 46.6 Å². The Morgan fingerprint density at radius 2 is 1.81 bits per heavy atom. The molecule has 1 amide bonds. The van der Waals surface area contributed by atoms with Gasteiger partial charge in [0.25, 0.3) is 5.91 Å². The molecule has 5 rings (SSSR count). The number of piperidine rings is 1. The Bertz CT molecular complexity index is 1300. The third-order valence-corrected chi connectivity index (χ3v) is 8.83. The molecule has 2 aliphatic heterocycles. The number of carbonyl (C=O) groups is 2. The number of fused-ring (bicyclic) bond motifs is 3. The summed E-state index contributed by atoms with van der Waals surface area (Å²) in [6.45, 7) is 2.17. The van der Waals surface area contributed by atoms with Crippen molar-refractivity contribution in [1.82, 2.24) is 4.90 Å². The Hall–Kier alpha value is -2.53. The second-order valence-electron chi connectivity index (χ2n) is 8.71. The van der Waals surface area contributed by atoms with Crippen molar-refractivity contribution in [2.75, 3.05) is 13.1 Å². The highest BCUT2D eigenvalue weighted by atomic mass is 35.5. The molecule has 37 heavy (non-hydrogen) atoms. The second-order valence-corrected chi connectivity index (χ2v) is 11.2. The van der Waals surface area contributed by atoms with Crippen LogP contribution in [0.4, 0.5) is 13.2 Å². The summed E-state index contributed by atoms with van der Waals surface area (Å²) in [5.74, 6) is -1.18. The number of nitrogens with zero attached hydrogens (tertiary/aromatic N) is 1. The molecule has 0 saturated carbocycles. The molecule has 11 heteroatoms. The predicted octanol–water partition coefficient (Wildman–Crippen LogP) is 6.79. The summed E-state index contributed by atoms with van der Waals surface area (Å²) in [6, 6.07) is 16.7. The minimum absolute atomic E-state index is 0.164. The van der Waals surface area contributed by atoms with Gasteiger partial charge in [-0.3, -0.25) is 4.79 Å². The van der Waals surface area contributed by atoms with Crippen LogP contribution in [0.15, 0.2) is 53.4 Å². The number of rotatable bonds is 3. The lowest BCUT2D eigenvalue weighted by molar-refractivity contribution is -0.192. The van der Waals surface area contributed by atoms with Gasteiger partial charge in [-0.2, -0.15) is 13.2 Å². The fraction of sp³-hybridized carbons (Fsp3) is 0.308. The highest BCUT2D eigenvalue weighted by Crippen LogP contribution is 2.46. The summed E-state index contributed by atoms with van der Waals surface area (Å²) < 4.78 is 31.7. The summed E-state index contributed by atoms with van der Waals surface area (Å²) in [5, 5.41) is 7.87. The lowest BCUT2D eigenvalue weighted by Crippen LogP contribution is -2.37. The molecule has 0 unspecified atom stereocenters. The van der Waals surface area contributed by atoms with Gasteiger partial charge in [-0.05, 0) is 59.7 Å². The van der Waals surface area contributed by atoms with E-state index in [1.54, 1.807) is 11.3 Å². The molecule has 3 heterocycles. The van der Waals surface area contributed by atoms with E-state index in [1.165, 1.54) is 26.5 Å². The van der Waals surface area contributed by atoms with Crippen molar-refractivity contribution in [3.05, 3.63) is 75.1 Å². The number of likely N-dealkylation sites (tertiary alicyclic amines) is 1. The molecule has 1 saturated heterocycles. The fourth-order valence-corrected chi connectivity index (χ4v) is 6.90. The fourth-order valence-electron chi connectivity index (χ4n) is 4.38. The first-order valence-corrected chi connectivity index (χ1v) is 13.7. The van der Waals surface area contributed by atoms with E-state index in [2.05, 4.69) is 36.4 Å². The highest BCUT2D eigenvalue weighted by Gasteiger charge is 2.38. The molecule has 0 bridgehead atoms. The van der Waals surface area contributed by atoms with Gasteiger partial charge < -0.3 is 15.7 Å². The lowest BCUT2D eigenvalue weighted by atomic mass is 9.88. The minimum atomic E-state index is -5.08. The Morgan fingerprint density at radius 1 is 1.11 bits per heavy atom. The van der Waals surface area contributed by atoms with Crippen molar-refractivity contribution in [2.45, 2.75) is 42.1 Å². The number of thioether (sulfide) groups is 1. The number of thiophene rings is 1. The standard InChI is InChI=1S/C24H23ClN2OS2.C2HF3O2/c25-19-4-5-21-20(12-19)23-18(14-29-21)11-22(30-23)24(28)27-8-6-16(7-9-27)17-3-1-2-15(10-17)13-26;3-2(4,5)1(6)7/h1-5,10-12,16H,6-9,13-14,26H2;(H,6,7).